The largest absolute Gasteiger partial charge is 0.308 e. The summed E-state index contributed by atoms with van der Waals surface area (Å²) in [7, 11) is -3.60. The SMILES string of the molecule is Cc1ccc(C(=O)N2CCCc3ccccc32)cc1S(=O)(=O)N1CCCCCC1. The average molecular weight is 413 g/mol. The van der Waals surface area contributed by atoms with Gasteiger partial charge >= 0.3 is 0 Å². The van der Waals surface area contributed by atoms with E-state index in [-0.39, 0.29) is 10.8 Å². The smallest absolute Gasteiger partial charge is 0.258 e. The van der Waals surface area contributed by atoms with E-state index in [0.29, 0.717) is 30.8 Å². The van der Waals surface area contributed by atoms with Crippen LogP contribution in [-0.2, 0) is 16.4 Å². The predicted octanol–water partition coefficient (Wildman–Crippen LogP) is 4.15. The molecule has 0 spiro atoms. The molecule has 0 radical (unpaired) electrons. The van der Waals surface area contributed by atoms with Gasteiger partial charge in [0, 0.05) is 30.9 Å². The van der Waals surface area contributed by atoms with Gasteiger partial charge in [-0.05, 0) is 61.9 Å². The lowest BCUT2D eigenvalue weighted by atomic mass is 10.0. The molecule has 0 N–H and O–H groups in total. The fourth-order valence-electron chi connectivity index (χ4n) is 4.33. The summed E-state index contributed by atoms with van der Waals surface area (Å²) in [5.41, 5.74) is 3.21. The zero-order valence-electron chi connectivity index (χ0n) is 16.9. The molecule has 1 fully saturated rings. The van der Waals surface area contributed by atoms with E-state index in [1.54, 1.807) is 34.3 Å². The van der Waals surface area contributed by atoms with E-state index in [2.05, 4.69) is 6.07 Å². The Balaban J connectivity index is 1.68. The molecule has 1 saturated heterocycles. The minimum Gasteiger partial charge on any atom is -0.308 e. The molecule has 2 heterocycles. The van der Waals surface area contributed by atoms with Gasteiger partial charge in [0.05, 0.1) is 4.90 Å². The van der Waals surface area contributed by atoms with Crippen LogP contribution in [0.4, 0.5) is 5.69 Å². The van der Waals surface area contributed by atoms with Gasteiger partial charge in [0.1, 0.15) is 0 Å². The summed E-state index contributed by atoms with van der Waals surface area (Å²) >= 11 is 0. The zero-order chi connectivity index (χ0) is 20.4. The van der Waals surface area contributed by atoms with Crippen molar-refractivity contribution in [2.75, 3.05) is 24.5 Å². The van der Waals surface area contributed by atoms with Crippen LogP contribution < -0.4 is 4.90 Å². The van der Waals surface area contributed by atoms with Crippen LogP contribution in [0, 0.1) is 6.92 Å². The van der Waals surface area contributed by atoms with Gasteiger partial charge in [-0.3, -0.25) is 4.79 Å². The van der Waals surface area contributed by atoms with E-state index in [1.165, 1.54) is 0 Å². The standard InChI is InChI=1S/C23H28N2O3S/c1-18-12-13-20(17-22(18)29(27,28)24-14-6-2-3-7-15-24)23(26)25-16-8-10-19-9-4-5-11-21(19)25/h4-5,9,11-13,17H,2-3,6-8,10,14-16H2,1H3. The Morgan fingerprint density at radius 3 is 2.38 bits per heavy atom. The molecule has 6 heteroatoms. The number of benzene rings is 2. The average Bonchev–Trinajstić information content (AvgIpc) is 3.03. The van der Waals surface area contributed by atoms with Gasteiger partial charge in [-0.1, -0.05) is 37.1 Å². The summed E-state index contributed by atoms with van der Waals surface area (Å²) in [5.74, 6) is -0.135. The quantitative estimate of drug-likeness (QED) is 0.761. The molecule has 0 atom stereocenters. The summed E-state index contributed by atoms with van der Waals surface area (Å²) in [6.45, 7) is 3.56. The first-order valence-electron chi connectivity index (χ1n) is 10.5. The topological polar surface area (TPSA) is 57.7 Å². The Kier molecular flexibility index (Phi) is 5.74. The number of hydrogen-bond acceptors (Lipinski definition) is 3. The number of carbonyl (C=O) groups is 1. The molecule has 2 aromatic carbocycles. The summed E-state index contributed by atoms with van der Waals surface area (Å²) in [6, 6.07) is 13.0. The number of aryl methyl sites for hydroxylation is 2. The van der Waals surface area contributed by atoms with Crippen LogP contribution in [0.2, 0.25) is 0 Å². The van der Waals surface area contributed by atoms with Gasteiger partial charge in [0.15, 0.2) is 0 Å². The van der Waals surface area contributed by atoms with Crippen LogP contribution in [0.25, 0.3) is 0 Å². The maximum atomic E-state index is 13.3. The minimum atomic E-state index is -3.60. The first kappa shape index (κ1) is 20.1. The number of para-hydroxylation sites is 1. The molecule has 5 nitrogen and oxygen atoms in total. The van der Waals surface area contributed by atoms with Crippen molar-refractivity contribution in [2.24, 2.45) is 0 Å². The molecule has 0 aliphatic carbocycles. The van der Waals surface area contributed by atoms with Gasteiger partial charge in [0.25, 0.3) is 5.91 Å². The number of rotatable bonds is 3. The second kappa shape index (κ2) is 8.28. The van der Waals surface area contributed by atoms with Crippen LogP contribution in [0.3, 0.4) is 0 Å². The summed E-state index contributed by atoms with van der Waals surface area (Å²) in [6.07, 6.45) is 5.79. The Morgan fingerprint density at radius 1 is 0.897 bits per heavy atom. The minimum absolute atomic E-state index is 0.135. The first-order valence-corrected chi connectivity index (χ1v) is 11.9. The highest BCUT2D eigenvalue weighted by molar-refractivity contribution is 7.89. The molecule has 2 aliphatic heterocycles. The molecular formula is C23H28N2O3S. The third kappa shape index (κ3) is 3.96. The lowest BCUT2D eigenvalue weighted by molar-refractivity contribution is 0.0985. The number of anilines is 1. The van der Waals surface area contributed by atoms with Crippen LogP contribution in [0.5, 0.6) is 0 Å². The van der Waals surface area contributed by atoms with Crippen molar-refractivity contribution in [3.8, 4) is 0 Å². The van der Waals surface area contributed by atoms with Crippen molar-refractivity contribution < 1.29 is 13.2 Å². The fourth-order valence-corrected chi connectivity index (χ4v) is 6.10. The number of carbonyl (C=O) groups excluding carboxylic acids is 1. The van der Waals surface area contributed by atoms with Crippen molar-refractivity contribution in [2.45, 2.75) is 50.3 Å². The van der Waals surface area contributed by atoms with Crippen molar-refractivity contribution in [3.05, 3.63) is 59.2 Å². The zero-order valence-corrected chi connectivity index (χ0v) is 17.7. The Bertz CT molecular complexity index is 1010. The van der Waals surface area contributed by atoms with Crippen LogP contribution >= 0.6 is 0 Å². The number of hydrogen-bond donors (Lipinski definition) is 0. The molecule has 2 aromatic rings. The predicted molar refractivity (Wildman–Crippen MR) is 115 cm³/mol. The van der Waals surface area contributed by atoms with E-state index < -0.39 is 10.0 Å². The molecule has 154 valence electrons. The van der Waals surface area contributed by atoms with E-state index in [4.69, 9.17) is 0 Å². The highest BCUT2D eigenvalue weighted by Gasteiger charge is 2.29. The van der Waals surface area contributed by atoms with E-state index in [1.807, 2.05) is 18.2 Å². The van der Waals surface area contributed by atoms with Crippen LogP contribution in [0.15, 0.2) is 47.4 Å². The molecule has 2 aliphatic rings. The Labute approximate surface area is 173 Å². The second-order valence-corrected chi connectivity index (χ2v) is 9.89. The normalized spacial score (nSPS) is 18.2. The number of fused-ring (bicyclic) bond motifs is 1. The van der Waals surface area contributed by atoms with Crippen molar-refractivity contribution in [1.82, 2.24) is 4.31 Å². The summed E-state index contributed by atoms with van der Waals surface area (Å²) in [4.78, 5) is 15.3. The lowest BCUT2D eigenvalue weighted by Gasteiger charge is -2.30. The Hall–Kier alpha value is -2.18. The highest BCUT2D eigenvalue weighted by atomic mass is 32.2. The highest BCUT2D eigenvalue weighted by Crippen LogP contribution is 2.30. The fraction of sp³-hybridized carbons (Fsp3) is 0.435. The molecule has 0 aromatic heterocycles. The molecule has 4 rings (SSSR count). The molecule has 0 saturated carbocycles. The monoisotopic (exact) mass is 412 g/mol. The first-order chi connectivity index (χ1) is 14.0. The molecular weight excluding hydrogens is 384 g/mol. The number of nitrogens with zero attached hydrogens (tertiary/aromatic N) is 2. The number of sulfonamides is 1. The Morgan fingerprint density at radius 2 is 1.62 bits per heavy atom. The number of amides is 1. The second-order valence-electron chi connectivity index (χ2n) is 7.99. The van der Waals surface area contributed by atoms with E-state index in [0.717, 1.165) is 49.8 Å². The molecule has 0 bridgehead atoms. The van der Waals surface area contributed by atoms with Gasteiger partial charge in [0.2, 0.25) is 10.0 Å². The van der Waals surface area contributed by atoms with E-state index in [9.17, 15) is 13.2 Å². The maximum Gasteiger partial charge on any atom is 0.258 e. The summed E-state index contributed by atoms with van der Waals surface area (Å²) in [5, 5.41) is 0. The molecule has 0 unspecified atom stereocenters. The molecule has 29 heavy (non-hydrogen) atoms. The van der Waals surface area contributed by atoms with E-state index >= 15 is 0 Å². The van der Waals surface area contributed by atoms with Crippen molar-refractivity contribution >= 4 is 21.6 Å². The molecule has 1 amide bonds. The lowest BCUT2D eigenvalue weighted by Crippen LogP contribution is -2.36. The van der Waals surface area contributed by atoms with Crippen molar-refractivity contribution in [1.29, 1.82) is 0 Å². The van der Waals surface area contributed by atoms with Crippen LogP contribution in [-0.4, -0.2) is 38.3 Å². The summed E-state index contributed by atoms with van der Waals surface area (Å²) < 4.78 is 28.2. The maximum absolute atomic E-state index is 13.3. The van der Waals surface area contributed by atoms with Gasteiger partial charge in [-0.15, -0.1) is 0 Å². The van der Waals surface area contributed by atoms with Crippen LogP contribution in [0.1, 0.15) is 53.6 Å². The van der Waals surface area contributed by atoms with Crippen molar-refractivity contribution in [3.63, 3.8) is 0 Å². The van der Waals surface area contributed by atoms with Gasteiger partial charge < -0.3 is 4.90 Å². The van der Waals surface area contributed by atoms with Gasteiger partial charge in [-0.2, -0.15) is 4.31 Å². The third-order valence-corrected chi connectivity index (χ3v) is 8.01. The third-order valence-electron chi connectivity index (χ3n) is 5.97. The van der Waals surface area contributed by atoms with Gasteiger partial charge in [-0.25, -0.2) is 8.42 Å².